The molecule has 3 saturated heterocycles. The third-order valence-corrected chi connectivity index (χ3v) is 10.8. The normalized spacial score (nSPS) is 15.5. The number of aryl methyl sites for hydroxylation is 1. The minimum absolute atomic E-state index is 0. The number of nitrogen functional groups attached to an aromatic ring is 2. The van der Waals surface area contributed by atoms with Crippen LogP contribution in [0.4, 0.5) is 21.2 Å². The molecule has 3 aliphatic rings. The zero-order valence-corrected chi connectivity index (χ0v) is 43.9. The zero-order chi connectivity index (χ0) is 50.7. The van der Waals surface area contributed by atoms with Crippen molar-refractivity contribution in [3.05, 3.63) is 137 Å². The van der Waals surface area contributed by atoms with Crippen LogP contribution in [0.1, 0.15) is 79.6 Å². The molecule has 3 atom stereocenters. The molecule has 0 saturated carbocycles. The van der Waals surface area contributed by atoms with E-state index in [1.165, 1.54) is 36.0 Å². The number of cyclic esters (lactones) is 2. The van der Waals surface area contributed by atoms with Crippen LogP contribution in [-0.4, -0.2) is 96.2 Å². The van der Waals surface area contributed by atoms with Gasteiger partial charge in [-0.05, 0) is 84.4 Å². The smallest absolute Gasteiger partial charge is 1.00 e. The Morgan fingerprint density at radius 1 is 0.822 bits per heavy atom. The Morgan fingerprint density at radius 3 is 1.78 bits per heavy atom. The van der Waals surface area contributed by atoms with Gasteiger partial charge in [-0.3, -0.25) is 19.9 Å². The van der Waals surface area contributed by atoms with Gasteiger partial charge >= 0.3 is 55.9 Å². The predicted molar refractivity (Wildman–Crippen MR) is 285 cm³/mol. The summed E-state index contributed by atoms with van der Waals surface area (Å²) in [6.07, 6.45) is 8.66. The first kappa shape index (κ1) is 65.5. The van der Waals surface area contributed by atoms with Gasteiger partial charge in [0.15, 0.2) is 28.4 Å². The van der Waals surface area contributed by atoms with Crippen molar-refractivity contribution < 1.29 is 77.6 Å². The summed E-state index contributed by atoms with van der Waals surface area (Å²) in [5.74, 6) is -1.98. The number of amides is 3. The van der Waals surface area contributed by atoms with Crippen molar-refractivity contribution >= 4 is 77.5 Å². The number of nitrogens with zero attached hydrogens (tertiary/aromatic N) is 3. The van der Waals surface area contributed by atoms with E-state index in [2.05, 4.69) is 50.8 Å². The maximum atomic E-state index is 12.2. The number of hydrogen-bond donors (Lipinski definition) is 8. The van der Waals surface area contributed by atoms with Gasteiger partial charge in [0.2, 0.25) is 0 Å². The third-order valence-electron chi connectivity index (χ3n) is 10.6. The number of halogens is 1. The monoisotopic (exact) mass is 1030 g/mol. The van der Waals surface area contributed by atoms with Crippen LogP contribution in [-0.2, 0) is 44.7 Å². The van der Waals surface area contributed by atoms with Crippen LogP contribution in [0.5, 0.6) is 0 Å². The van der Waals surface area contributed by atoms with Crippen molar-refractivity contribution in [3.63, 3.8) is 0 Å². The number of guanidine groups is 1. The van der Waals surface area contributed by atoms with Gasteiger partial charge in [0.25, 0.3) is 5.91 Å². The Morgan fingerprint density at radius 2 is 1.33 bits per heavy atom. The fourth-order valence-electron chi connectivity index (χ4n) is 6.81. The van der Waals surface area contributed by atoms with Gasteiger partial charge in [-0.25, -0.2) is 19.6 Å². The number of carboxylic acid groups (broad SMARTS) is 1. The molecule has 0 spiro atoms. The van der Waals surface area contributed by atoms with Crippen molar-refractivity contribution in [2.24, 2.45) is 16.5 Å². The van der Waals surface area contributed by atoms with Crippen molar-refractivity contribution in [1.82, 2.24) is 25.9 Å². The Labute approximate surface area is 465 Å². The molecular formula is C51H69ClLi2N10O8S. The first-order valence-corrected chi connectivity index (χ1v) is 23.6. The van der Waals surface area contributed by atoms with E-state index in [9.17, 15) is 19.2 Å². The fraction of sp³-hybridized carbons (Fsp3) is 0.373. The molecule has 0 unspecified atom stereocenters. The van der Waals surface area contributed by atoms with Crippen LogP contribution in [0.2, 0.25) is 5.15 Å². The molecule has 386 valence electrons. The fourth-order valence-corrected chi connectivity index (χ4v) is 6.94. The number of fused-ring (bicyclic) bond motifs is 1. The minimum atomic E-state index is -1.01. The van der Waals surface area contributed by atoms with Gasteiger partial charge in [-0.15, -0.1) is 0 Å². The number of rotatable bonds is 14. The van der Waals surface area contributed by atoms with E-state index in [0.29, 0.717) is 19.8 Å². The topological polar surface area (TPSA) is 295 Å². The van der Waals surface area contributed by atoms with Gasteiger partial charge in [-0.2, -0.15) is 19.9 Å². The average molecular weight is 1030 g/mol. The molecule has 0 radical (unpaired) electrons. The number of ether oxygens (including phenoxy) is 3. The number of alkyl carbamates (subject to hydrolysis) is 2. The summed E-state index contributed by atoms with van der Waals surface area (Å²) >= 11 is 5.78. The number of carboxylic acids is 1. The Balaban J connectivity index is 0.00000111. The Hall–Kier alpha value is -5.48. The summed E-state index contributed by atoms with van der Waals surface area (Å²) in [5.41, 5.74) is 26.9. The Kier molecular flexibility index (Phi) is 32.7. The van der Waals surface area contributed by atoms with E-state index in [-0.39, 0.29) is 112 Å². The first-order chi connectivity index (χ1) is 33.7. The van der Waals surface area contributed by atoms with Crippen LogP contribution in [0.15, 0.2) is 102 Å². The molecule has 3 aliphatic heterocycles. The van der Waals surface area contributed by atoms with Gasteiger partial charge in [-0.1, -0.05) is 122 Å². The van der Waals surface area contributed by atoms with E-state index in [1.54, 1.807) is 0 Å². The van der Waals surface area contributed by atoms with Crippen molar-refractivity contribution in [2.45, 2.75) is 89.3 Å². The summed E-state index contributed by atoms with van der Waals surface area (Å²) in [7, 11) is 0. The van der Waals surface area contributed by atoms with E-state index >= 15 is 0 Å². The molecule has 0 aliphatic carbocycles. The minimum Gasteiger partial charge on any atom is -1.00 e. The molecular weight excluding hydrogens is 962 g/mol. The quantitative estimate of drug-likeness (QED) is 0.0251. The molecule has 5 aromatic rings. The maximum absolute atomic E-state index is 12.2. The molecule has 22 heteroatoms. The van der Waals surface area contributed by atoms with Gasteiger partial charge in [0, 0.05) is 19.8 Å². The summed E-state index contributed by atoms with van der Waals surface area (Å²) < 4.78 is 14.5. The zero-order valence-electron chi connectivity index (χ0n) is 43.1. The van der Waals surface area contributed by atoms with Crippen LogP contribution in [0, 0.1) is 6.92 Å². The second kappa shape index (κ2) is 36.4. The van der Waals surface area contributed by atoms with Crippen molar-refractivity contribution in [3.8, 4) is 0 Å². The van der Waals surface area contributed by atoms with Crippen molar-refractivity contribution in [1.29, 1.82) is 0 Å². The number of hydrogen-bond acceptors (Lipinski definition) is 13. The van der Waals surface area contributed by atoms with Crippen molar-refractivity contribution in [2.75, 3.05) is 44.4 Å². The number of aliphatic imine (C=N–C) groups is 1. The number of carbonyl (C=O) groups excluding carboxylic acids is 3. The molecule has 1 aromatic heterocycles. The van der Waals surface area contributed by atoms with Gasteiger partial charge in [0.05, 0.1) is 12.1 Å². The first-order valence-electron chi connectivity index (χ1n) is 23.3. The molecule has 0 bridgehead atoms. The van der Waals surface area contributed by atoms with Crippen LogP contribution in [0.25, 0.3) is 10.8 Å². The molecule has 18 nitrogen and oxygen atoms in total. The van der Waals surface area contributed by atoms with Gasteiger partial charge in [0.1, 0.15) is 19.3 Å². The SMILES string of the molecule is C1CCOC1.NC(=NCCCCc1ccc2cc(C[C@H](N)C(=O)O)ccc2c1)NC(=O)c1nc(Cl)c(N)nc1N.O=C1N[C@@H](Cc2ccccc2)CO1.O=C1N[C@@H](Cc2ccccc2)CO1.S.[CH2-]CCC.[H-].[Li+].[Li+]. The average Bonchev–Trinajstić information content (AvgIpc) is 4.16. The van der Waals surface area contributed by atoms with E-state index < -0.39 is 17.9 Å². The van der Waals surface area contributed by atoms with E-state index in [1.807, 2.05) is 91.0 Å². The molecule has 4 heterocycles. The summed E-state index contributed by atoms with van der Waals surface area (Å²) in [6, 6.07) is 31.5. The summed E-state index contributed by atoms with van der Waals surface area (Å²) in [4.78, 5) is 56.3. The number of benzene rings is 4. The molecule has 4 aromatic carbocycles. The van der Waals surface area contributed by atoms with E-state index in [4.69, 9.17) is 53.9 Å². The molecule has 73 heavy (non-hydrogen) atoms. The number of aromatic nitrogens is 2. The largest absolute Gasteiger partial charge is 1.00 e. The summed E-state index contributed by atoms with van der Waals surface area (Å²) in [5, 5.41) is 18.8. The summed E-state index contributed by atoms with van der Waals surface area (Å²) in [6.45, 7) is 9.11. The molecule has 3 fully saturated rings. The molecule has 3 amide bonds. The molecule has 8 rings (SSSR count). The maximum Gasteiger partial charge on any atom is 1.00 e. The number of anilines is 2. The second-order valence-electron chi connectivity index (χ2n) is 16.4. The standard InChI is InChI=1S/C23H27ClN8O3.2C10H11NO2.C4H8O.C4H9.2Li.H2S.H/c24-18-20(27)31-19(26)17(30-18)21(33)32-23(28)29-8-2-1-3-12-4-6-15-10-13(5-7-14(15)9-12)11-16(25)22(34)35;2*12-10-11-9(7-13-10)6-8-4-2-1-3-5-8;1-2-4-5-3-1;1-3-4-2;;;;/h4-7,9-10,16H,1-3,8,11,25H2,(H,34,35)(H4,26,27,31)(H3,28,29,32,33);2*1-5,9H,6-7H2,(H,11,12);1-4H2;1,3-4H2,2H3;;;1H2;/q;;;;-1;2*+1;;-1/t16-;2*9-;;;;;;/m000....../s1. The predicted octanol–water partition coefficient (Wildman–Crippen LogP) is 0.795. The number of nitrogens with one attached hydrogen (secondary N) is 3. The number of unbranched alkanes of at least 4 members (excludes halogenated alkanes) is 2. The van der Waals surface area contributed by atoms with Crippen LogP contribution < -0.4 is 76.6 Å². The number of nitrogens with two attached hydrogens (primary N) is 4. The van der Waals surface area contributed by atoms with Gasteiger partial charge < -0.3 is 61.2 Å². The number of carbonyl (C=O) groups is 4. The second-order valence-corrected chi connectivity index (χ2v) is 16.8. The van der Waals surface area contributed by atoms with Crippen LogP contribution >= 0.6 is 25.1 Å². The Bertz CT molecular complexity index is 2400. The van der Waals surface area contributed by atoms with E-state index in [0.717, 1.165) is 68.1 Å². The molecule has 12 N–H and O–H groups in total. The number of aliphatic carboxylic acids is 1. The third kappa shape index (κ3) is 25.4. The van der Waals surface area contributed by atoms with Crippen LogP contribution in [0.3, 0.4) is 0 Å².